The van der Waals surface area contributed by atoms with Crippen molar-refractivity contribution < 1.29 is 9.18 Å². The first kappa shape index (κ1) is 12.8. The first-order valence-corrected chi connectivity index (χ1v) is 6.54. The normalized spacial score (nSPS) is 14.8. The van der Waals surface area contributed by atoms with Gasteiger partial charge in [-0.15, -0.1) is 0 Å². The Morgan fingerprint density at radius 2 is 2.10 bits per heavy atom. The minimum atomic E-state index is -0.251. The van der Waals surface area contributed by atoms with Crippen LogP contribution in [0.3, 0.4) is 0 Å². The minimum absolute atomic E-state index is 0.0100. The summed E-state index contributed by atoms with van der Waals surface area (Å²) in [6.45, 7) is 0. The van der Waals surface area contributed by atoms with Crippen molar-refractivity contribution in [2.75, 3.05) is 5.32 Å². The van der Waals surface area contributed by atoms with Gasteiger partial charge in [0.05, 0.1) is 6.42 Å². The Kier molecular flexibility index (Phi) is 3.24. The number of carbonyl (C=O) groups is 1. The summed E-state index contributed by atoms with van der Waals surface area (Å²) in [6.07, 6.45) is 0.966. The molecule has 2 aromatic carbocycles. The first-order valence-electron chi connectivity index (χ1n) is 6.54. The molecule has 0 saturated heterocycles. The molecule has 0 spiro atoms. The van der Waals surface area contributed by atoms with E-state index >= 15 is 0 Å². The van der Waals surface area contributed by atoms with Crippen molar-refractivity contribution in [2.45, 2.75) is 18.9 Å². The van der Waals surface area contributed by atoms with Crippen molar-refractivity contribution in [2.24, 2.45) is 5.73 Å². The van der Waals surface area contributed by atoms with Gasteiger partial charge in [-0.3, -0.25) is 4.79 Å². The lowest BCUT2D eigenvalue weighted by atomic mass is 9.97. The van der Waals surface area contributed by atoms with E-state index in [1.807, 2.05) is 24.3 Å². The number of nitrogens with one attached hydrogen (secondary N) is 1. The monoisotopic (exact) mass is 270 g/mol. The molecule has 102 valence electrons. The van der Waals surface area contributed by atoms with E-state index < -0.39 is 0 Å². The van der Waals surface area contributed by atoms with Gasteiger partial charge in [-0.2, -0.15) is 0 Å². The molecule has 0 bridgehead atoms. The Balaban J connectivity index is 1.79. The van der Waals surface area contributed by atoms with Gasteiger partial charge < -0.3 is 11.1 Å². The van der Waals surface area contributed by atoms with Crippen LogP contribution in [0.4, 0.5) is 10.1 Å². The standard InChI is InChI=1S/C16H15FN2O/c17-13-3-1-2-10(6-13)7-14(18)11-4-5-15-12(8-11)9-16(20)19-15/h1-6,8,14H,7,9,18H2,(H,19,20). The average molecular weight is 270 g/mol. The number of amides is 1. The molecular weight excluding hydrogens is 255 g/mol. The lowest BCUT2D eigenvalue weighted by Gasteiger charge is -2.13. The molecule has 0 aliphatic carbocycles. The highest BCUT2D eigenvalue weighted by atomic mass is 19.1. The zero-order valence-corrected chi connectivity index (χ0v) is 10.9. The summed E-state index contributed by atoms with van der Waals surface area (Å²) in [5, 5.41) is 2.79. The second kappa shape index (κ2) is 5.06. The predicted molar refractivity (Wildman–Crippen MR) is 75.8 cm³/mol. The number of rotatable bonds is 3. The van der Waals surface area contributed by atoms with Crippen LogP contribution in [0.25, 0.3) is 0 Å². The van der Waals surface area contributed by atoms with Crippen LogP contribution >= 0.6 is 0 Å². The Morgan fingerprint density at radius 3 is 2.90 bits per heavy atom. The molecule has 1 aliphatic heterocycles. The molecule has 3 nitrogen and oxygen atoms in total. The Bertz CT molecular complexity index is 669. The lowest BCUT2D eigenvalue weighted by molar-refractivity contribution is -0.115. The molecule has 0 aromatic heterocycles. The maximum Gasteiger partial charge on any atom is 0.228 e. The van der Waals surface area contributed by atoms with Gasteiger partial charge in [-0.05, 0) is 41.3 Å². The third-order valence-corrected chi connectivity index (χ3v) is 3.53. The van der Waals surface area contributed by atoms with Crippen LogP contribution in [-0.4, -0.2) is 5.91 Å². The number of hydrogen-bond acceptors (Lipinski definition) is 2. The van der Waals surface area contributed by atoms with Crippen molar-refractivity contribution in [3.63, 3.8) is 0 Å². The van der Waals surface area contributed by atoms with Crippen molar-refractivity contribution in [1.82, 2.24) is 0 Å². The molecule has 0 radical (unpaired) electrons. The molecule has 2 aromatic rings. The van der Waals surface area contributed by atoms with E-state index in [1.54, 1.807) is 6.07 Å². The Morgan fingerprint density at radius 1 is 1.25 bits per heavy atom. The SMILES string of the molecule is NC(Cc1cccc(F)c1)c1ccc2c(c1)CC(=O)N2. The molecule has 0 saturated carbocycles. The lowest BCUT2D eigenvalue weighted by Crippen LogP contribution is -2.13. The number of anilines is 1. The van der Waals surface area contributed by atoms with E-state index in [0.717, 1.165) is 22.4 Å². The summed E-state index contributed by atoms with van der Waals surface area (Å²) in [6, 6.07) is 12.0. The highest BCUT2D eigenvalue weighted by Gasteiger charge is 2.19. The summed E-state index contributed by atoms with van der Waals surface area (Å²) < 4.78 is 13.2. The molecule has 1 amide bonds. The van der Waals surface area contributed by atoms with Crippen LogP contribution in [-0.2, 0) is 17.6 Å². The van der Waals surface area contributed by atoms with Crippen molar-refractivity contribution in [3.8, 4) is 0 Å². The predicted octanol–water partition coefficient (Wildman–Crippen LogP) is 2.56. The van der Waals surface area contributed by atoms with E-state index in [9.17, 15) is 9.18 Å². The Hall–Kier alpha value is -2.20. The molecule has 20 heavy (non-hydrogen) atoms. The number of nitrogens with two attached hydrogens (primary N) is 1. The fourth-order valence-corrected chi connectivity index (χ4v) is 2.52. The largest absolute Gasteiger partial charge is 0.326 e. The van der Waals surface area contributed by atoms with E-state index in [1.165, 1.54) is 12.1 Å². The van der Waals surface area contributed by atoms with E-state index in [0.29, 0.717) is 12.8 Å². The molecule has 4 heteroatoms. The van der Waals surface area contributed by atoms with Crippen LogP contribution < -0.4 is 11.1 Å². The smallest absolute Gasteiger partial charge is 0.228 e. The summed E-state index contributed by atoms with van der Waals surface area (Å²) in [7, 11) is 0. The maximum absolute atomic E-state index is 13.2. The van der Waals surface area contributed by atoms with Gasteiger partial charge in [-0.1, -0.05) is 24.3 Å². The van der Waals surface area contributed by atoms with E-state index in [4.69, 9.17) is 5.73 Å². The summed E-state index contributed by atoms with van der Waals surface area (Å²) in [5.41, 5.74) is 9.84. The Labute approximate surface area is 116 Å². The fourth-order valence-electron chi connectivity index (χ4n) is 2.52. The molecule has 1 atom stereocenters. The highest BCUT2D eigenvalue weighted by Crippen LogP contribution is 2.27. The average Bonchev–Trinajstić information content (AvgIpc) is 2.77. The van der Waals surface area contributed by atoms with Crippen LogP contribution in [0.15, 0.2) is 42.5 Å². The van der Waals surface area contributed by atoms with Crippen LogP contribution in [0.2, 0.25) is 0 Å². The number of fused-ring (bicyclic) bond motifs is 1. The first-order chi connectivity index (χ1) is 9.61. The zero-order chi connectivity index (χ0) is 14.1. The second-order valence-electron chi connectivity index (χ2n) is 5.08. The van der Waals surface area contributed by atoms with Gasteiger partial charge in [0.1, 0.15) is 5.82 Å². The minimum Gasteiger partial charge on any atom is -0.326 e. The van der Waals surface area contributed by atoms with Crippen molar-refractivity contribution in [3.05, 3.63) is 65.0 Å². The second-order valence-corrected chi connectivity index (χ2v) is 5.08. The van der Waals surface area contributed by atoms with Gasteiger partial charge in [0.25, 0.3) is 0 Å². The summed E-state index contributed by atoms with van der Waals surface area (Å²) >= 11 is 0. The molecule has 1 heterocycles. The van der Waals surface area contributed by atoms with E-state index in [2.05, 4.69) is 5.32 Å². The van der Waals surface area contributed by atoms with Crippen molar-refractivity contribution in [1.29, 1.82) is 0 Å². The van der Waals surface area contributed by atoms with Crippen LogP contribution in [0, 0.1) is 5.82 Å². The molecule has 3 N–H and O–H groups in total. The molecule has 0 fully saturated rings. The van der Waals surface area contributed by atoms with Crippen LogP contribution in [0.1, 0.15) is 22.7 Å². The number of benzene rings is 2. The maximum atomic E-state index is 13.2. The quantitative estimate of drug-likeness (QED) is 0.900. The van der Waals surface area contributed by atoms with Crippen molar-refractivity contribution >= 4 is 11.6 Å². The summed E-state index contributed by atoms with van der Waals surface area (Å²) in [5.74, 6) is -0.241. The van der Waals surface area contributed by atoms with E-state index in [-0.39, 0.29) is 17.8 Å². The number of halogens is 1. The van der Waals surface area contributed by atoms with Gasteiger partial charge in [0, 0.05) is 11.7 Å². The molecule has 3 rings (SSSR count). The van der Waals surface area contributed by atoms with Crippen LogP contribution in [0.5, 0.6) is 0 Å². The zero-order valence-electron chi connectivity index (χ0n) is 10.9. The van der Waals surface area contributed by atoms with Gasteiger partial charge in [0.15, 0.2) is 0 Å². The number of carbonyl (C=O) groups excluding carboxylic acids is 1. The fraction of sp³-hybridized carbons (Fsp3) is 0.188. The van der Waals surface area contributed by atoms with Gasteiger partial charge in [-0.25, -0.2) is 4.39 Å². The topological polar surface area (TPSA) is 55.1 Å². The number of hydrogen-bond donors (Lipinski definition) is 2. The third kappa shape index (κ3) is 2.56. The third-order valence-electron chi connectivity index (χ3n) is 3.53. The molecular formula is C16H15FN2O. The molecule has 1 aliphatic rings. The highest BCUT2D eigenvalue weighted by molar-refractivity contribution is 5.99. The molecule has 1 unspecified atom stereocenters. The summed E-state index contributed by atoms with van der Waals surface area (Å²) in [4.78, 5) is 11.3. The van der Waals surface area contributed by atoms with Gasteiger partial charge >= 0.3 is 0 Å². The van der Waals surface area contributed by atoms with Gasteiger partial charge in [0.2, 0.25) is 5.91 Å².